The number of ether oxygens (including phenoxy) is 1. The summed E-state index contributed by atoms with van der Waals surface area (Å²) < 4.78 is 5.15. The molecule has 0 atom stereocenters. The van der Waals surface area contributed by atoms with Crippen molar-refractivity contribution in [1.29, 1.82) is 5.26 Å². The molecule has 7 nitrogen and oxygen atoms in total. The van der Waals surface area contributed by atoms with Crippen LogP contribution >= 0.6 is 0 Å². The van der Waals surface area contributed by atoms with Crippen LogP contribution in [0.25, 0.3) is 0 Å². The van der Waals surface area contributed by atoms with Gasteiger partial charge in [0.15, 0.2) is 0 Å². The fraction of sp³-hybridized carbons (Fsp3) is 0.417. The number of benzene rings is 1. The number of likely N-dealkylation sites (tertiary alicyclic amines) is 1. The van der Waals surface area contributed by atoms with Crippen molar-refractivity contribution in [3.8, 4) is 6.07 Å². The second kappa shape index (κ2) is 8.48. The van der Waals surface area contributed by atoms with Gasteiger partial charge in [-0.25, -0.2) is 9.78 Å². The van der Waals surface area contributed by atoms with Gasteiger partial charge in [0.2, 0.25) is 0 Å². The number of esters is 1. The highest BCUT2D eigenvalue weighted by molar-refractivity contribution is 5.94. The lowest BCUT2D eigenvalue weighted by Gasteiger charge is -2.40. The zero-order valence-corrected chi connectivity index (χ0v) is 17.9. The Hall–Kier alpha value is -3.24. The van der Waals surface area contributed by atoms with Crippen LogP contribution in [0.3, 0.4) is 0 Å². The van der Waals surface area contributed by atoms with Gasteiger partial charge in [-0.2, -0.15) is 5.26 Å². The van der Waals surface area contributed by atoms with E-state index in [1.807, 2.05) is 18.2 Å². The van der Waals surface area contributed by atoms with Crippen LogP contribution in [0, 0.1) is 18.3 Å². The van der Waals surface area contributed by atoms with Gasteiger partial charge in [-0.3, -0.25) is 4.79 Å². The van der Waals surface area contributed by atoms with Crippen LogP contribution in [-0.2, 0) is 17.8 Å². The van der Waals surface area contributed by atoms with Crippen molar-refractivity contribution in [1.82, 2.24) is 15.2 Å². The number of hydrogen-bond acceptors (Lipinski definition) is 6. The summed E-state index contributed by atoms with van der Waals surface area (Å²) in [5.41, 5.74) is 4.63. The first kappa shape index (κ1) is 21.0. The Morgan fingerprint density at radius 3 is 2.74 bits per heavy atom. The van der Waals surface area contributed by atoms with Crippen LogP contribution in [0.1, 0.15) is 62.9 Å². The largest absolute Gasteiger partial charge is 0.457 e. The summed E-state index contributed by atoms with van der Waals surface area (Å²) in [5.74, 6) is -0.427. The molecule has 7 heteroatoms. The minimum absolute atomic E-state index is 0.203. The molecule has 0 spiro atoms. The van der Waals surface area contributed by atoms with Gasteiger partial charge in [0.1, 0.15) is 18.4 Å². The number of rotatable bonds is 5. The van der Waals surface area contributed by atoms with Crippen molar-refractivity contribution in [3.05, 3.63) is 64.0 Å². The molecule has 0 unspecified atom stereocenters. The topological polar surface area (TPSA) is 95.3 Å². The highest BCUT2D eigenvalue weighted by atomic mass is 16.5. The molecule has 31 heavy (non-hydrogen) atoms. The van der Waals surface area contributed by atoms with Crippen LogP contribution in [-0.4, -0.2) is 46.9 Å². The summed E-state index contributed by atoms with van der Waals surface area (Å²) in [7, 11) is 0. The molecule has 160 valence electrons. The molecule has 1 saturated heterocycles. The number of amides is 1. The van der Waals surface area contributed by atoms with E-state index in [9.17, 15) is 9.59 Å². The molecule has 1 aromatic heterocycles. The molecule has 1 aromatic carbocycles. The van der Waals surface area contributed by atoms with Gasteiger partial charge >= 0.3 is 5.97 Å². The number of nitrogens with one attached hydrogen (secondary N) is 1. The maximum Gasteiger partial charge on any atom is 0.338 e. The van der Waals surface area contributed by atoms with Gasteiger partial charge in [0, 0.05) is 36.9 Å². The van der Waals surface area contributed by atoms with Crippen molar-refractivity contribution in [2.75, 3.05) is 19.6 Å². The summed E-state index contributed by atoms with van der Waals surface area (Å²) >= 11 is 0. The first-order valence-electron chi connectivity index (χ1n) is 10.6. The minimum Gasteiger partial charge on any atom is -0.457 e. The lowest BCUT2D eigenvalue weighted by molar-refractivity contribution is 0.0534. The second-order valence-corrected chi connectivity index (χ2v) is 8.60. The Morgan fingerprint density at radius 2 is 2.06 bits per heavy atom. The van der Waals surface area contributed by atoms with Crippen molar-refractivity contribution < 1.29 is 14.3 Å². The minimum atomic E-state index is -0.273. The number of aromatic nitrogens is 1. The number of nitrogens with zero attached hydrogens (tertiary/aromatic N) is 3. The SMILES string of the molecule is Cc1c(CCN2CCC(C)(NC(=O)c3ccc(C#N)cn3)CC2)ccc2c1COC2=O. The monoisotopic (exact) mass is 418 g/mol. The number of carbonyl (C=O) groups is 2. The number of carbonyl (C=O) groups excluding carboxylic acids is 2. The Bertz CT molecular complexity index is 1050. The van der Waals surface area contributed by atoms with E-state index in [1.165, 1.54) is 11.8 Å². The third kappa shape index (κ3) is 4.44. The van der Waals surface area contributed by atoms with Crippen molar-refractivity contribution in [2.45, 2.75) is 45.3 Å². The van der Waals surface area contributed by atoms with Gasteiger partial charge < -0.3 is 15.0 Å². The average molecular weight is 418 g/mol. The highest BCUT2D eigenvalue weighted by Gasteiger charge is 2.32. The maximum absolute atomic E-state index is 12.6. The van der Waals surface area contributed by atoms with Crippen LogP contribution in [0.5, 0.6) is 0 Å². The molecule has 2 aliphatic rings. The zero-order chi connectivity index (χ0) is 22.0. The number of pyridine rings is 1. The molecule has 0 bridgehead atoms. The van der Waals surface area contributed by atoms with E-state index in [-0.39, 0.29) is 17.4 Å². The summed E-state index contributed by atoms with van der Waals surface area (Å²) in [4.78, 5) is 30.8. The fourth-order valence-electron chi connectivity index (χ4n) is 4.28. The van der Waals surface area contributed by atoms with E-state index in [0.717, 1.165) is 50.0 Å². The lowest BCUT2D eigenvalue weighted by Crippen LogP contribution is -2.53. The number of fused-ring (bicyclic) bond motifs is 1. The van der Waals surface area contributed by atoms with E-state index in [2.05, 4.69) is 29.0 Å². The molecule has 0 radical (unpaired) electrons. The molecule has 2 aromatic rings. The van der Waals surface area contributed by atoms with E-state index in [4.69, 9.17) is 10.00 Å². The van der Waals surface area contributed by atoms with Gasteiger partial charge in [-0.05, 0) is 62.4 Å². The maximum atomic E-state index is 12.6. The first-order valence-corrected chi connectivity index (χ1v) is 10.6. The number of cyclic esters (lactones) is 1. The van der Waals surface area contributed by atoms with Crippen LogP contribution in [0.2, 0.25) is 0 Å². The number of hydrogen-bond donors (Lipinski definition) is 1. The zero-order valence-electron chi connectivity index (χ0n) is 17.9. The molecule has 3 heterocycles. The summed E-state index contributed by atoms with van der Waals surface area (Å²) in [6.45, 7) is 7.27. The summed E-state index contributed by atoms with van der Waals surface area (Å²) in [5, 5.41) is 12.0. The summed E-state index contributed by atoms with van der Waals surface area (Å²) in [6, 6.07) is 9.12. The second-order valence-electron chi connectivity index (χ2n) is 8.60. The van der Waals surface area contributed by atoms with Crippen LogP contribution < -0.4 is 5.32 Å². The Labute approximate surface area is 182 Å². The molecule has 0 aliphatic carbocycles. The Morgan fingerprint density at radius 1 is 1.29 bits per heavy atom. The summed E-state index contributed by atoms with van der Waals surface area (Å²) in [6.07, 6.45) is 4.06. The molecule has 0 saturated carbocycles. The van der Waals surface area contributed by atoms with Gasteiger partial charge in [-0.15, -0.1) is 0 Å². The lowest BCUT2D eigenvalue weighted by atomic mass is 9.89. The fourth-order valence-corrected chi connectivity index (χ4v) is 4.28. The van der Waals surface area contributed by atoms with Crippen LogP contribution in [0.15, 0.2) is 30.5 Å². The van der Waals surface area contributed by atoms with Gasteiger partial charge in [-0.1, -0.05) is 6.07 Å². The van der Waals surface area contributed by atoms with E-state index >= 15 is 0 Å². The van der Waals surface area contributed by atoms with Crippen LogP contribution in [0.4, 0.5) is 0 Å². The highest BCUT2D eigenvalue weighted by Crippen LogP contribution is 2.27. The van der Waals surface area contributed by atoms with E-state index in [1.54, 1.807) is 12.1 Å². The Balaban J connectivity index is 1.30. The number of piperidine rings is 1. The predicted octanol–water partition coefficient (Wildman–Crippen LogP) is 2.76. The number of nitriles is 1. The smallest absolute Gasteiger partial charge is 0.338 e. The third-order valence-electron chi connectivity index (χ3n) is 6.48. The van der Waals surface area contributed by atoms with Crippen molar-refractivity contribution in [3.63, 3.8) is 0 Å². The molecule has 2 aliphatic heterocycles. The molecular formula is C24H26N4O3. The first-order chi connectivity index (χ1) is 14.9. The van der Waals surface area contributed by atoms with Crippen molar-refractivity contribution in [2.24, 2.45) is 0 Å². The van der Waals surface area contributed by atoms with E-state index in [0.29, 0.717) is 23.4 Å². The third-order valence-corrected chi connectivity index (χ3v) is 6.48. The quantitative estimate of drug-likeness (QED) is 0.750. The molecule has 1 amide bonds. The van der Waals surface area contributed by atoms with Crippen molar-refractivity contribution >= 4 is 11.9 Å². The van der Waals surface area contributed by atoms with Gasteiger partial charge in [0.25, 0.3) is 5.91 Å². The Kier molecular flexibility index (Phi) is 5.75. The molecule has 1 fully saturated rings. The van der Waals surface area contributed by atoms with E-state index < -0.39 is 0 Å². The molecule has 4 rings (SSSR count). The van der Waals surface area contributed by atoms with Gasteiger partial charge in [0.05, 0.1) is 11.1 Å². The standard InChI is InChI=1S/C24H26N4O3/c1-16-18(4-5-19-20(16)15-31-23(19)30)7-10-28-11-8-24(2,9-12-28)27-22(29)21-6-3-17(13-25)14-26-21/h3-6,14H,7-12,15H2,1-2H3,(H,27,29). The molecule has 1 N–H and O–H groups in total. The predicted molar refractivity (Wildman–Crippen MR) is 114 cm³/mol. The molecular weight excluding hydrogens is 392 g/mol. The average Bonchev–Trinajstić information content (AvgIpc) is 3.16. The normalized spacial score (nSPS) is 17.5.